The van der Waals surface area contributed by atoms with Crippen LogP contribution in [0.15, 0.2) is 106 Å². The number of hydrogen-bond acceptors (Lipinski definition) is 0. The fourth-order valence-corrected chi connectivity index (χ4v) is 12.7. The molecule has 3 rings (SSSR count). The summed E-state index contributed by atoms with van der Waals surface area (Å²) in [5.74, 6) is 0. The van der Waals surface area contributed by atoms with Crippen LogP contribution >= 0.6 is 7.20 Å². The molecule has 0 atom stereocenters. The van der Waals surface area contributed by atoms with Gasteiger partial charge >= 0.3 is 138 Å². The molecule has 3 aromatic rings. The Hall–Kier alpha value is -1.26. The van der Waals surface area contributed by atoms with Gasteiger partial charge in [-0.25, -0.2) is 0 Å². The zero-order valence-electron chi connectivity index (χ0n) is 11.9. The molecule has 0 N–H and O–H groups in total. The summed E-state index contributed by atoms with van der Waals surface area (Å²) in [6, 6.07) is 33.2. The molecular weight excluding hydrogens is 387 g/mol. The van der Waals surface area contributed by atoms with E-state index in [0.29, 0.717) is 0 Å². The van der Waals surface area contributed by atoms with Crippen LogP contribution in [-0.2, 0) is 0 Å². The molecule has 0 saturated heterocycles. The number of hydrogen-bond donors (Lipinski definition) is 0. The van der Waals surface area contributed by atoms with E-state index in [4.69, 9.17) is 0 Å². The molecule has 0 aliphatic heterocycles. The molecule has 2 heteroatoms. The molecule has 0 heterocycles. The van der Waals surface area contributed by atoms with Gasteiger partial charge in [0.2, 0.25) is 0 Å². The van der Waals surface area contributed by atoms with Gasteiger partial charge in [-0.2, -0.15) is 0 Å². The van der Waals surface area contributed by atoms with E-state index in [1.54, 1.807) is 0 Å². The van der Waals surface area contributed by atoms with Gasteiger partial charge in [-0.1, -0.05) is 0 Å². The summed E-state index contributed by atoms with van der Waals surface area (Å²) in [5, 5.41) is 0. The van der Waals surface area contributed by atoms with Crippen LogP contribution in [0.3, 0.4) is 0 Å². The Morgan fingerprint density at radius 2 is 0.810 bits per heavy atom. The van der Waals surface area contributed by atoms with Gasteiger partial charge in [0.1, 0.15) is 0 Å². The van der Waals surface area contributed by atoms with Crippen LogP contribution in [-0.4, -0.2) is 4.93 Å². The monoisotopic (exact) mass is 405 g/mol. The fourth-order valence-electron chi connectivity index (χ4n) is 2.50. The Bertz CT molecular complexity index is 584. The third-order valence-corrected chi connectivity index (χ3v) is 15.2. The maximum atomic E-state index is 2.42. The Morgan fingerprint density at radius 1 is 0.524 bits per heavy atom. The first-order valence-electron chi connectivity index (χ1n) is 6.88. The number of rotatable bonds is 4. The first-order chi connectivity index (χ1) is 10.4. The second-order valence-electron chi connectivity index (χ2n) is 4.63. The second-order valence-corrected chi connectivity index (χ2v) is 14.0. The third kappa shape index (κ3) is 2.74. The predicted octanol–water partition coefficient (Wildman–Crippen LogP) is 2.60. The van der Waals surface area contributed by atoms with Gasteiger partial charge < -0.3 is 0 Å². The molecule has 0 saturated carbocycles. The van der Waals surface area contributed by atoms with Gasteiger partial charge in [-0.3, -0.25) is 0 Å². The zero-order chi connectivity index (χ0) is 14.5. The Balaban J connectivity index is 2.29. The molecule has 0 radical (unpaired) electrons. The molecule has 108 valence electrons. The van der Waals surface area contributed by atoms with Gasteiger partial charge in [0.05, 0.1) is 0 Å². The Morgan fingerprint density at radius 3 is 1.05 bits per heavy atom. The van der Waals surface area contributed by atoms with Crippen molar-refractivity contribution < 1.29 is 19.8 Å². The normalized spacial score (nSPS) is 12.2. The van der Waals surface area contributed by atoms with Gasteiger partial charge in [0.25, 0.3) is 0 Å². The molecule has 0 aliphatic carbocycles. The average Bonchev–Trinajstić information content (AvgIpc) is 2.59. The van der Waals surface area contributed by atoms with Crippen molar-refractivity contribution in [3.05, 3.63) is 91.0 Å². The summed E-state index contributed by atoms with van der Waals surface area (Å²) in [5.41, 5.74) is 0. The average molecular weight is 405 g/mol. The summed E-state index contributed by atoms with van der Waals surface area (Å²) in [4.78, 5) is 6.87. The Labute approximate surface area is 137 Å². The molecule has 0 aliphatic rings. The molecule has 3 aromatic carbocycles. The summed E-state index contributed by atoms with van der Waals surface area (Å²) >= 11 is 0.00218. The minimum atomic E-state index is -1.06. The molecule has 0 amide bonds. The van der Waals surface area contributed by atoms with Crippen molar-refractivity contribution in [3.63, 3.8) is 0 Å². The van der Waals surface area contributed by atoms with Crippen LogP contribution in [0.4, 0.5) is 0 Å². The molecular formula is C19H18IS-. The fraction of sp³-hybridized carbons (Fsp3) is 0.0526. The molecule has 0 unspecified atom stereocenters. The van der Waals surface area contributed by atoms with E-state index in [0.717, 1.165) is 0 Å². The third-order valence-electron chi connectivity index (χ3n) is 3.44. The van der Waals surface area contributed by atoms with Gasteiger partial charge in [0, 0.05) is 0 Å². The van der Waals surface area contributed by atoms with E-state index in [1.807, 2.05) is 0 Å². The number of benzene rings is 3. The SMILES string of the molecule is C[I-]S(c1ccccc1)(c1ccccc1)c1ccccc1. The quantitative estimate of drug-likeness (QED) is 0.463. The van der Waals surface area contributed by atoms with Gasteiger partial charge in [0.15, 0.2) is 0 Å². The van der Waals surface area contributed by atoms with E-state index in [1.165, 1.54) is 14.7 Å². The molecule has 0 fully saturated rings. The van der Waals surface area contributed by atoms with E-state index in [9.17, 15) is 0 Å². The van der Waals surface area contributed by atoms with Crippen LogP contribution in [0.1, 0.15) is 0 Å². The van der Waals surface area contributed by atoms with E-state index < -0.39 is 7.20 Å². The predicted molar refractivity (Wildman–Crippen MR) is 87.6 cm³/mol. The Kier molecular flexibility index (Phi) is 4.66. The maximum absolute atomic E-state index is 2.42. The summed E-state index contributed by atoms with van der Waals surface area (Å²) in [6.45, 7) is 0. The molecule has 0 bridgehead atoms. The van der Waals surface area contributed by atoms with E-state index in [2.05, 4.69) is 95.9 Å². The van der Waals surface area contributed by atoms with Crippen molar-refractivity contribution in [3.8, 4) is 0 Å². The first kappa shape index (κ1) is 14.7. The summed E-state index contributed by atoms with van der Waals surface area (Å²) in [6.07, 6.45) is 0. The standard InChI is InChI=1S/C19H18IS/c1-20-21(17-11-5-2-6-12-17,18-13-7-3-8-14-18)19-15-9-4-10-16-19/h2-16H,1H3/q-1. The van der Waals surface area contributed by atoms with Crippen LogP contribution < -0.4 is 19.8 Å². The van der Waals surface area contributed by atoms with Crippen LogP contribution in [0.2, 0.25) is 0 Å². The van der Waals surface area contributed by atoms with Gasteiger partial charge in [-0.15, -0.1) is 0 Å². The summed E-state index contributed by atoms with van der Waals surface area (Å²) < 4.78 is 0. The van der Waals surface area contributed by atoms with E-state index >= 15 is 0 Å². The second kappa shape index (κ2) is 6.67. The molecule has 0 aromatic heterocycles. The minimum absolute atomic E-state index is 0.00218. The van der Waals surface area contributed by atoms with Crippen molar-refractivity contribution in [2.45, 2.75) is 14.7 Å². The van der Waals surface area contributed by atoms with E-state index in [-0.39, 0.29) is 19.8 Å². The number of alkyl halides is 1. The molecule has 0 nitrogen and oxygen atoms in total. The van der Waals surface area contributed by atoms with Crippen LogP contribution in [0.25, 0.3) is 0 Å². The van der Waals surface area contributed by atoms with Crippen molar-refractivity contribution >= 4 is 7.20 Å². The molecule has 21 heavy (non-hydrogen) atoms. The van der Waals surface area contributed by atoms with Crippen molar-refractivity contribution in [1.82, 2.24) is 0 Å². The van der Waals surface area contributed by atoms with Crippen molar-refractivity contribution in [2.75, 3.05) is 4.93 Å². The molecule has 0 spiro atoms. The van der Waals surface area contributed by atoms with Crippen LogP contribution in [0.5, 0.6) is 0 Å². The van der Waals surface area contributed by atoms with Crippen molar-refractivity contribution in [2.24, 2.45) is 0 Å². The zero-order valence-corrected chi connectivity index (χ0v) is 14.9. The summed E-state index contributed by atoms with van der Waals surface area (Å²) in [7, 11) is -1.06. The topological polar surface area (TPSA) is 0 Å². The first-order valence-corrected chi connectivity index (χ1v) is 13.2. The van der Waals surface area contributed by atoms with Crippen LogP contribution in [0, 0.1) is 0 Å². The van der Waals surface area contributed by atoms with Crippen molar-refractivity contribution in [1.29, 1.82) is 0 Å². The van der Waals surface area contributed by atoms with Gasteiger partial charge in [-0.05, 0) is 0 Å². The number of halogens is 1.